The van der Waals surface area contributed by atoms with E-state index in [0.29, 0.717) is 12.3 Å². The van der Waals surface area contributed by atoms with Crippen LogP contribution in [-0.2, 0) is 11.2 Å². The smallest absolute Gasteiger partial charge is 0.224 e. The van der Waals surface area contributed by atoms with Crippen molar-refractivity contribution in [3.8, 4) is 0 Å². The molecule has 0 saturated carbocycles. The maximum Gasteiger partial charge on any atom is 0.224 e. The minimum absolute atomic E-state index is 0.124. The fraction of sp³-hybridized carbons (Fsp3) is 0.417. The van der Waals surface area contributed by atoms with E-state index in [1.165, 1.54) is 11.1 Å². The van der Waals surface area contributed by atoms with Gasteiger partial charge in [0.2, 0.25) is 5.91 Å². The fourth-order valence-corrected chi connectivity index (χ4v) is 2.84. The number of hydrogen-bond donors (Lipinski definition) is 2. The van der Waals surface area contributed by atoms with Crippen molar-refractivity contribution in [3.63, 3.8) is 0 Å². The van der Waals surface area contributed by atoms with Crippen molar-refractivity contribution in [1.82, 2.24) is 0 Å². The highest BCUT2D eigenvalue weighted by atomic mass is 16.1. The van der Waals surface area contributed by atoms with Gasteiger partial charge in [-0.2, -0.15) is 0 Å². The van der Waals surface area contributed by atoms with Crippen molar-refractivity contribution < 1.29 is 4.79 Å². The average Bonchev–Trinajstić information content (AvgIpc) is 2.16. The van der Waals surface area contributed by atoms with E-state index in [1.807, 2.05) is 12.1 Å². The summed E-state index contributed by atoms with van der Waals surface area (Å²) in [6.07, 6.45) is 2.48. The summed E-state index contributed by atoms with van der Waals surface area (Å²) in [5.74, 6) is 0.465. The van der Waals surface area contributed by atoms with Crippen molar-refractivity contribution >= 4 is 11.6 Å². The number of carbonyl (C=O) groups is 1. The molecule has 0 radical (unpaired) electrons. The predicted octanol–water partition coefficient (Wildman–Crippen LogP) is 1.39. The fourth-order valence-electron chi connectivity index (χ4n) is 2.84. The molecule has 15 heavy (non-hydrogen) atoms. The third-order valence-corrected chi connectivity index (χ3v) is 3.38. The SMILES string of the molecule is N[C@@H]1Cc2cccc3c2[C@H](CC(=O)N3)C1. The van der Waals surface area contributed by atoms with Crippen LogP contribution in [0.15, 0.2) is 18.2 Å². The summed E-state index contributed by atoms with van der Waals surface area (Å²) in [6.45, 7) is 0. The van der Waals surface area contributed by atoms with Gasteiger partial charge in [-0.1, -0.05) is 12.1 Å². The Hall–Kier alpha value is -1.35. The van der Waals surface area contributed by atoms with E-state index in [4.69, 9.17) is 5.73 Å². The van der Waals surface area contributed by atoms with Crippen LogP contribution >= 0.6 is 0 Å². The Labute approximate surface area is 88.7 Å². The number of rotatable bonds is 0. The van der Waals surface area contributed by atoms with E-state index in [2.05, 4.69) is 11.4 Å². The van der Waals surface area contributed by atoms with Crippen LogP contribution in [0.25, 0.3) is 0 Å². The third kappa shape index (κ3) is 1.35. The number of nitrogens with two attached hydrogens (primary N) is 1. The summed E-state index contributed by atoms with van der Waals surface area (Å²) in [7, 11) is 0. The van der Waals surface area contributed by atoms with Gasteiger partial charge < -0.3 is 11.1 Å². The molecule has 78 valence electrons. The van der Waals surface area contributed by atoms with Gasteiger partial charge >= 0.3 is 0 Å². The van der Waals surface area contributed by atoms with Crippen molar-refractivity contribution in [2.24, 2.45) is 5.73 Å². The summed E-state index contributed by atoms with van der Waals surface area (Å²) in [5, 5.41) is 2.93. The lowest BCUT2D eigenvalue weighted by molar-refractivity contribution is -0.116. The maximum absolute atomic E-state index is 11.5. The van der Waals surface area contributed by atoms with Gasteiger partial charge in [0.1, 0.15) is 0 Å². The lowest BCUT2D eigenvalue weighted by atomic mass is 9.76. The molecule has 3 rings (SSSR count). The highest BCUT2D eigenvalue weighted by Gasteiger charge is 2.32. The molecule has 0 bridgehead atoms. The summed E-state index contributed by atoms with van der Waals surface area (Å²) in [6, 6.07) is 6.32. The molecular weight excluding hydrogens is 188 g/mol. The third-order valence-electron chi connectivity index (χ3n) is 3.38. The first-order chi connectivity index (χ1) is 7.24. The molecule has 1 amide bonds. The van der Waals surface area contributed by atoms with Crippen LogP contribution in [0.3, 0.4) is 0 Å². The van der Waals surface area contributed by atoms with E-state index in [-0.39, 0.29) is 11.9 Å². The van der Waals surface area contributed by atoms with Crippen LogP contribution in [0.4, 0.5) is 5.69 Å². The van der Waals surface area contributed by atoms with Crippen LogP contribution in [0.1, 0.15) is 29.9 Å². The van der Waals surface area contributed by atoms with Gasteiger partial charge in [-0.15, -0.1) is 0 Å². The van der Waals surface area contributed by atoms with Crippen molar-refractivity contribution in [1.29, 1.82) is 0 Å². The van der Waals surface area contributed by atoms with E-state index < -0.39 is 0 Å². The first-order valence-electron chi connectivity index (χ1n) is 5.41. The predicted molar refractivity (Wildman–Crippen MR) is 58.7 cm³/mol. The van der Waals surface area contributed by atoms with Crippen molar-refractivity contribution in [3.05, 3.63) is 29.3 Å². The Morgan fingerprint density at radius 2 is 2.20 bits per heavy atom. The Morgan fingerprint density at radius 3 is 3.07 bits per heavy atom. The molecule has 1 aromatic rings. The molecule has 0 aromatic heterocycles. The van der Waals surface area contributed by atoms with Gasteiger partial charge in [0.15, 0.2) is 0 Å². The molecule has 1 aliphatic heterocycles. The summed E-state index contributed by atoms with van der Waals surface area (Å²) >= 11 is 0. The molecule has 1 aromatic carbocycles. The quantitative estimate of drug-likeness (QED) is 0.668. The molecule has 2 aliphatic rings. The molecule has 3 N–H and O–H groups in total. The van der Waals surface area contributed by atoms with E-state index in [0.717, 1.165) is 18.5 Å². The first kappa shape index (κ1) is 8.92. The van der Waals surface area contributed by atoms with Gasteiger partial charge in [-0.3, -0.25) is 4.79 Å². The van der Waals surface area contributed by atoms with E-state index in [9.17, 15) is 4.79 Å². The monoisotopic (exact) mass is 202 g/mol. The molecule has 0 saturated heterocycles. The molecule has 1 aliphatic carbocycles. The van der Waals surface area contributed by atoms with Crippen LogP contribution < -0.4 is 11.1 Å². The minimum Gasteiger partial charge on any atom is -0.327 e. The number of nitrogens with one attached hydrogen (secondary N) is 1. The van der Waals surface area contributed by atoms with Crippen LogP contribution in [0, 0.1) is 0 Å². The Kier molecular flexibility index (Phi) is 1.83. The molecule has 0 fully saturated rings. The number of anilines is 1. The molecular formula is C12H14N2O. The lowest BCUT2D eigenvalue weighted by Crippen LogP contribution is -2.35. The standard InChI is InChI=1S/C12H14N2O/c13-9-4-7-2-1-3-10-12(7)8(5-9)6-11(15)14-10/h1-3,8-9H,4-6,13H2,(H,14,15)/t8-,9+/m0/s1. The Balaban J connectivity index is 2.15. The summed E-state index contributed by atoms with van der Waals surface area (Å²) in [5.41, 5.74) is 9.65. The molecule has 0 spiro atoms. The second-order valence-corrected chi connectivity index (χ2v) is 4.53. The zero-order chi connectivity index (χ0) is 10.4. The molecule has 1 heterocycles. The number of carbonyl (C=O) groups excluding carboxylic acids is 1. The molecule has 0 unspecified atom stereocenters. The second kappa shape index (κ2) is 3.07. The number of hydrogen-bond acceptors (Lipinski definition) is 2. The summed E-state index contributed by atoms with van der Waals surface area (Å²) < 4.78 is 0. The zero-order valence-corrected chi connectivity index (χ0v) is 8.49. The maximum atomic E-state index is 11.5. The van der Waals surface area contributed by atoms with Gasteiger partial charge in [0.25, 0.3) is 0 Å². The first-order valence-corrected chi connectivity index (χ1v) is 5.41. The van der Waals surface area contributed by atoms with Crippen molar-refractivity contribution in [2.75, 3.05) is 5.32 Å². The normalized spacial score (nSPS) is 28.2. The minimum atomic E-state index is 0.124. The largest absolute Gasteiger partial charge is 0.327 e. The molecule has 3 heteroatoms. The van der Waals surface area contributed by atoms with Gasteiger partial charge in [-0.25, -0.2) is 0 Å². The molecule has 3 nitrogen and oxygen atoms in total. The summed E-state index contributed by atoms with van der Waals surface area (Å²) in [4.78, 5) is 11.5. The highest BCUT2D eigenvalue weighted by Crippen LogP contribution is 2.41. The lowest BCUT2D eigenvalue weighted by Gasteiger charge is -2.34. The molecule has 2 atom stereocenters. The highest BCUT2D eigenvalue weighted by molar-refractivity contribution is 5.95. The van der Waals surface area contributed by atoms with Crippen molar-refractivity contribution in [2.45, 2.75) is 31.2 Å². The van der Waals surface area contributed by atoms with Crippen LogP contribution in [0.2, 0.25) is 0 Å². The number of benzene rings is 1. The van der Waals surface area contributed by atoms with E-state index in [1.54, 1.807) is 0 Å². The van der Waals surface area contributed by atoms with Crippen LogP contribution in [0.5, 0.6) is 0 Å². The number of amides is 1. The van der Waals surface area contributed by atoms with Gasteiger partial charge in [-0.05, 0) is 36.0 Å². The zero-order valence-electron chi connectivity index (χ0n) is 8.49. The second-order valence-electron chi connectivity index (χ2n) is 4.53. The van der Waals surface area contributed by atoms with Gasteiger partial charge in [0.05, 0.1) is 0 Å². The van der Waals surface area contributed by atoms with Gasteiger partial charge in [0, 0.05) is 18.2 Å². The van der Waals surface area contributed by atoms with Crippen LogP contribution in [-0.4, -0.2) is 11.9 Å². The van der Waals surface area contributed by atoms with E-state index >= 15 is 0 Å². The topological polar surface area (TPSA) is 55.1 Å². The Bertz CT molecular complexity index is 428. The Morgan fingerprint density at radius 1 is 1.33 bits per heavy atom. The average molecular weight is 202 g/mol.